The highest BCUT2D eigenvalue weighted by Crippen LogP contribution is 2.34. The van der Waals surface area contributed by atoms with Crippen molar-refractivity contribution in [2.45, 2.75) is 6.92 Å². The van der Waals surface area contributed by atoms with Crippen LogP contribution in [0.3, 0.4) is 0 Å². The number of hydrogen-bond acceptors (Lipinski definition) is 3. The van der Waals surface area contributed by atoms with Gasteiger partial charge in [-0.2, -0.15) is 0 Å². The number of hydrogen-bond donors (Lipinski definition) is 0. The van der Waals surface area contributed by atoms with Crippen molar-refractivity contribution >= 4 is 21.9 Å². The van der Waals surface area contributed by atoms with Gasteiger partial charge in [0.05, 0.1) is 12.6 Å². The van der Waals surface area contributed by atoms with Crippen LogP contribution in [0.25, 0.3) is 33.3 Å². The van der Waals surface area contributed by atoms with Crippen LogP contribution < -0.4 is 4.74 Å². The number of furan rings is 1. The lowest BCUT2D eigenvalue weighted by molar-refractivity contribution is 0.414. The van der Waals surface area contributed by atoms with E-state index in [2.05, 4.69) is 19.1 Å². The van der Waals surface area contributed by atoms with Crippen LogP contribution in [0.2, 0.25) is 0 Å². The molecule has 4 rings (SSSR count). The predicted octanol–water partition coefficient (Wildman–Crippen LogP) is 4.97. The molecule has 2 aromatic carbocycles. The number of para-hydroxylation sites is 1. The van der Waals surface area contributed by atoms with E-state index in [-0.39, 0.29) is 0 Å². The van der Waals surface area contributed by atoms with Crippen molar-refractivity contribution in [3.05, 3.63) is 60.2 Å². The molecule has 2 heterocycles. The lowest BCUT2D eigenvalue weighted by Crippen LogP contribution is -1.85. The Morgan fingerprint density at radius 3 is 2.73 bits per heavy atom. The summed E-state index contributed by atoms with van der Waals surface area (Å²) in [4.78, 5) is 4.72. The Bertz CT molecular complexity index is 985. The third kappa shape index (κ3) is 1.94. The zero-order valence-electron chi connectivity index (χ0n) is 12.5. The minimum absolute atomic E-state index is 0.791. The SMILES string of the molecule is COc1ccc2c(C)c(-c3ccc4ccccc4n3)oc2c1. The van der Waals surface area contributed by atoms with Gasteiger partial charge in [0, 0.05) is 22.4 Å². The first kappa shape index (κ1) is 12.9. The number of benzene rings is 2. The molecule has 0 aliphatic heterocycles. The van der Waals surface area contributed by atoms with Gasteiger partial charge >= 0.3 is 0 Å². The second-order valence-corrected chi connectivity index (χ2v) is 5.31. The number of methoxy groups -OCH3 is 1. The van der Waals surface area contributed by atoms with Crippen molar-refractivity contribution < 1.29 is 9.15 Å². The first-order valence-corrected chi connectivity index (χ1v) is 7.19. The van der Waals surface area contributed by atoms with E-state index in [1.54, 1.807) is 7.11 Å². The molecule has 0 saturated heterocycles. The number of rotatable bonds is 2. The van der Waals surface area contributed by atoms with E-state index in [0.717, 1.165) is 44.6 Å². The van der Waals surface area contributed by atoms with Gasteiger partial charge in [-0.15, -0.1) is 0 Å². The molecule has 2 aromatic heterocycles. The van der Waals surface area contributed by atoms with Crippen molar-refractivity contribution in [1.82, 2.24) is 4.98 Å². The zero-order chi connectivity index (χ0) is 15.1. The van der Waals surface area contributed by atoms with E-state index in [1.807, 2.05) is 42.5 Å². The maximum Gasteiger partial charge on any atom is 0.156 e. The summed E-state index contributed by atoms with van der Waals surface area (Å²) in [5.41, 5.74) is 3.74. The van der Waals surface area contributed by atoms with Gasteiger partial charge in [-0.1, -0.05) is 24.3 Å². The van der Waals surface area contributed by atoms with Crippen LogP contribution in [0.4, 0.5) is 0 Å². The van der Waals surface area contributed by atoms with Crippen molar-refractivity contribution in [1.29, 1.82) is 0 Å². The van der Waals surface area contributed by atoms with Crippen molar-refractivity contribution in [3.8, 4) is 17.2 Å². The molecule has 0 radical (unpaired) electrons. The molecule has 0 N–H and O–H groups in total. The number of aromatic nitrogens is 1. The van der Waals surface area contributed by atoms with Crippen LogP contribution in [0.1, 0.15) is 5.56 Å². The largest absolute Gasteiger partial charge is 0.497 e. The molecule has 0 atom stereocenters. The molecule has 22 heavy (non-hydrogen) atoms. The van der Waals surface area contributed by atoms with E-state index >= 15 is 0 Å². The Kier molecular flexibility index (Phi) is 2.86. The third-order valence-corrected chi connectivity index (χ3v) is 3.98. The van der Waals surface area contributed by atoms with Gasteiger partial charge in [-0.3, -0.25) is 0 Å². The van der Waals surface area contributed by atoms with Crippen molar-refractivity contribution in [2.75, 3.05) is 7.11 Å². The number of nitrogens with zero attached hydrogens (tertiary/aromatic N) is 1. The quantitative estimate of drug-likeness (QED) is 0.523. The summed E-state index contributed by atoms with van der Waals surface area (Å²) < 4.78 is 11.3. The second kappa shape index (κ2) is 4.88. The molecule has 0 fully saturated rings. The van der Waals surface area contributed by atoms with Crippen LogP contribution >= 0.6 is 0 Å². The van der Waals surface area contributed by atoms with E-state index in [9.17, 15) is 0 Å². The highest BCUT2D eigenvalue weighted by molar-refractivity contribution is 5.89. The molecule has 0 amide bonds. The molecule has 0 aliphatic carbocycles. The Morgan fingerprint density at radius 1 is 1.00 bits per heavy atom. The van der Waals surface area contributed by atoms with Gasteiger partial charge in [0.2, 0.25) is 0 Å². The maximum absolute atomic E-state index is 6.03. The number of fused-ring (bicyclic) bond motifs is 2. The number of aryl methyl sites for hydroxylation is 1. The third-order valence-electron chi connectivity index (χ3n) is 3.98. The van der Waals surface area contributed by atoms with Gasteiger partial charge in [-0.25, -0.2) is 4.98 Å². The highest BCUT2D eigenvalue weighted by Gasteiger charge is 2.14. The molecule has 108 valence electrons. The minimum Gasteiger partial charge on any atom is -0.497 e. The highest BCUT2D eigenvalue weighted by atomic mass is 16.5. The summed E-state index contributed by atoms with van der Waals surface area (Å²) in [6.45, 7) is 2.06. The molecule has 0 aliphatic rings. The Hall–Kier alpha value is -2.81. The van der Waals surface area contributed by atoms with Crippen LogP contribution in [0.5, 0.6) is 5.75 Å². The Morgan fingerprint density at radius 2 is 1.86 bits per heavy atom. The van der Waals surface area contributed by atoms with Gasteiger partial charge in [0.25, 0.3) is 0 Å². The fraction of sp³-hybridized carbons (Fsp3) is 0.105. The van der Waals surface area contributed by atoms with Gasteiger partial charge in [-0.05, 0) is 31.2 Å². The topological polar surface area (TPSA) is 35.3 Å². The maximum atomic E-state index is 6.03. The first-order valence-electron chi connectivity index (χ1n) is 7.19. The van der Waals surface area contributed by atoms with E-state index < -0.39 is 0 Å². The van der Waals surface area contributed by atoms with E-state index in [1.165, 1.54) is 0 Å². The summed E-state index contributed by atoms with van der Waals surface area (Å²) in [7, 11) is 1.66. The average molecular weight is 289 g/mol. The molecule has 0 unspecified atom stereocenters. The molecule has 4 aromatic rings. The molecular weight excluding hydrogens is 274 g/mol. The van der Waals surface area contributed by atoms with Crippen LogP contribution in [0, 0.1) is 6.92 Å². The van der Waals surface area contributed by atoms with Gasteiger partial charge in [0.1, 0.15) is 17.0 Å². The summed E-state index contributed by atoms with van der Waals surface area (Å²) in [5, 5.41) is 2.22. The molecule has 0 spiro atoms. The number of pyridine rings is 1. The van der Waals surface area contributed by atoms with Crippen LogP contribution in [-0.2, 0) is 0 Å². The van der Waals surface area contributed by atoms with Crippen LogP contribution in [0.15, 0.2) is 59.0 Å². The first-order chi connectivity index (χ1) is 10.8. The van der Waals surface area contributed by atoms with Crippen LogP contribution in [-0.4, -0.2) is 12.1 Å². The smallest absolute Gasteiger partial charge is 0.156 e. The summed E-state index contributed by atoms with van der Waals surface area (Å²) in [5.74, 6) is 1.60. The van der Waals surface area contributed by atoms with Crippen molar-refractivity contribution in [2.24, 2.45) is 0 Å². The monoisotopic (exact) mass is 289 g/mol. The lowest BCUT2D eigenvalue weighted by atomic mass is 10.1. The predicted molar refractivity (Wildman–Crippen MR) is 88.2 cm³/mol. The fourth-order valence-corrected chi connectivity index (χ4v) is 2.77. The molecule has 0 bridgehead atoms. The summed E-state index contributed by atoms with van der Waals surface area (Å²) in [6.07, 6.45) is 0. The lowest BCUT2D eigenvalue weighted by Gasteiger charge is -2.01. The molecular formula is C19H15NO2. The Labute approximate surface area is 128 Å². The van der Waals surface area contributed by atoms with Gasteiger partial charge < -0.3 is 9.15 Å². The molecule has 3 heteroatoms. The van der Waals surface area contributed by atoms with Crippen molar-refractivity contribution in [3.63, 3.8) is 0 Å². The summed E-state index contributed by atoms with van der Waals surface area (Å²) in [6, 6.07) is 18.0. The second-order valence-electron chi connectivity index (χ2n) is 5.31. The van der Waals surface area contributed by atoms with E-state index in [0.29, 0.717) is 0 Å². The molecule has 3 nitrogen and oxygen atoms in total. The number of ether oxygens (including phenoxy) is 1. The fourth-order valence-electron chi connectivity index (χ4n) is 2.77. The minimum atomic E-state index is 0.791. The standard InChI is InChI=1S/C19H15NO2/c1-12-15-9-8-14(21-2)11-18(15)22-19(12)17-10-7-13-5-3-4-6-16(13)20-17/h3-11H,1-2H3. The van der Waals surface area contributed by atoms with E-state index in [4.69, 9.17) is 14.1 Å². The molecule has 0 saturated carbocycles. The normalized spacial score (nSPS) is 11.2. The van der Waals surface area contributed by atoms with Gasteiger partial charge in [0.15, 0.2) is 5.76 Å². The zero-order valence-corrected chi connectivity index (χ0v) is 12.5. The average Bonchev–Trinajstić information content (AvgIpc) is 2.90. The summed E-state index contributed by atoms with van der Waals surface area (Å²) >= 11 is 0. The Balaban J connectivity index is 1.93.